The highest BCUT2D eigenvalue weighted by Gasteiger charge is 2.48. The summed E-state index contributed by atoms with van der Waals surface area (Å²) in [5.41, 5.74) is -5.18. The van der Waals surface area contributed by atoms with Gasteiger partial charge in [-0.15, -0.1) is 0 Å². The van der Waals surface area contributed by atoms with Crippen LogP contribution in [0.2, 0.25) is 0 Å². The minimum Gasteiger partial charge on any atom is -0.393 e. The lowest BCUT2D eigenvalue weighted by Crippen LogP contribution is -2.62. The molecule has 0 saturated heterocycles. The second kappa shape index (κ2) is 5.64. The Morgan fingerprint density at radius 3 is 1.62 bits per heavy atom. The van der Waals surface area contributed by atoms with Gasteiger partial charge in [0.25, 0.3) is 0 Å². The van der Waals surface area contributed by atoms with Gasteiger partial charge >= 0.3 is 0 Å². The van der Waals surface area contributed by atoms with E-state index in [1.165, 1.54) is 0 Å². The summed E-state index contributed by atoms with van der Waals surface area (Å²) in [4.78, 5) is 10.4. The molecule has 0 heterocycles. The average Bonchev–Trinajstić information content (AvgIpc) is 2.34. The second-order valence-corrected chi connectivity index (χ2v) is 3.58. The lowest BCUT2D eigenvalue weighted by Gasteiger charge is -2.37. The van der Waals surface area contributed by atoms with Crippen LogP contribution in [0, 0.1) is 0 Å². The molecule has 7 N–H and O–H groups in total. The highest BCUT2D eigenvalue weighted by atomic mass is 16.4. The molecular weight excluding hydrogens is 224 g/mol. The maximum atomic E-state index is 10.4. The van der Waals surface area contributed by atoms with E-state index in [-0.39, 0.29) is 6.29 Å². The third-order valence-electron chi connectivity index (χ3n) is 2.37. The summed E-state index contributed by atoms with van der Waals surface area (Å²) in [6.07, 6.45) is -4.69. The molecule has 0 aliphatic rings. The monoisotopic (exact) mass is 240 g/mol. The predicted molar refractivity (Wildman–Crippen MR) is 49.2 cm³/mol. The molecule has 0 radical (unpaired) electrons. The number of carbonyl (C=O) groups is 1. The molecule has 0 fully saturated rings. The Morgan fingerprint density at radius 1 is 0.938 bits per heavy atom. The lowest BCUT2D eigenvalue weighted by molar-refractivity contribution is -0.207. The van der Waals surface area contributed by atoms with Gasteiger partial charge < -0.3 is 35.7 Å². The molecule has 0 aliphatic heterocycles. The van der Waals surface area contributed by atoms with Crippen molar-refractivity contribution in [2.75, 3.05) is 19.8 Å². The van der Waals surface area contributed by atoms with Crippen molar-refractivity contribution >= 4 is 6.29 Å². The number of aliphatic hydroxyl groups excluding tert-OH is 5. The van der Waals surface area contributed by atoms with E-state index in [1.54, 1.807) is 0 Å². The average molecular weight is 240 g/mol. The largest absolute Gasteiger partial charge is 0.393 e. The number of aliphatic hydroxyl groups is 7. The number of hydrogen-bond donors (Lipinski definition) is 7. The number of carbonyl (C=O) groups excluding carboxylic acids is 1. The number of aldehydes is 1. The van der Waals surface area contributed by atoms with Crippen LogP contribution in [0.25, 0.3) is 0 Å². The molecule has 0 aromatic heterocycles. The summed E-state index contributed by atoms with van der Waals surface area (Å²) in [5, 5.41) is 63.5. The first kappa shape index (κ1) is 15.4. The summed E-state index contributed by atoms with van der Waals surface area (Å²) < 4.78 is 0. The molecule has 8 nitrogen and oxygen atoms in total. The van der Waals surface area contributed by atoms with Gasteiger partial charge in [-0.3, -0.25) is 4.79 Å². The molecule has 0 aliphatic carbocycles. The Kier molecular flexibility index (Phi) is 5.42. The van der Waals surface area contributed by atoms with E-state index in [1.807, 2.05) is 0 Å². The van der Waals surface area contributed by atoms with Crippen LogP contribution >= 0.6 is 0 Å². The molecule has 0 aromatic carbocycles. The fraction of sp³-hybridized carbons (Fsp3) is 0.875. The Labute approximate surface area is 91.0 Å². The van der Waals surface area contributed by atoms with Gasteiger partial charge in [0.05, 0.1) is 19.8 Å². The maximum absolute atomic E-state index is 10.4. The second-order valence-electron chi connectivity index (χ2n) is 3.58. The van der Waals surface area contributed by atoms with Gasteiger partial charge in [0, 0.05) is 0 Å². The van der Waals surface area contributed by atoms with Crippen LogP contribution in [0.5, 0.6) is 0 Å². The third-order valence-corrected chi connectivity index (χ3v) is 2.37. The molecule has 8 heteroatoms. The van der Waals surface area contributed by atoms with Crippen LogP contribution in [-0.2, 0) is 4.79 Å². The van der Waals surface area contributed by atoms with E-state index in [2.05, 4.69) is 0 Å². The Bertz CT molecular complexity index is 228. The molecule has 0 saturated carbocycles. The fourth-order valence-electron chi connectivity index (χ4n) is 1.00. The topological polar surface area (TPSA) is 159 Å². The standard InChI is InChI=1S/C8H16O8/c9-1-7(15,2-10)5(13)6(14)8(16,3-11)4-12/h1,5-6,10-16H,2-4H2/t5-,6-,7-/m0/s1. The highest BCUT2D eigenvalue weighted by Crippen LogP contribution is 2.20. The summed E-state index contributed by atoms with van der Waals surface area (Å²) in [6, 6.07) is 0. The quantitative estimate of drug-likeness (QED) is 0.219. The van der Waals surface area contributed by atoms with Crippen LogP contribution in [0.4, 0.5) is 0 Å². The van der Waals surface area contributed by atoms with Gasteiger partial charge in [0.2, 0.25) is 0 Å². The molecule has 0 spiro atoms. The molecule has 0 aromatic rings. The van der Waals surface area contributed by atoms with Crippen molar-refractivity contribution in [1.82, 2.24) is 0 Å². The van der Waals surface area contributed by atoms with Crippen molar-refractivity contribution < 1.29 is 40.5 Å². The van der Waals surface area contributed by atoms with Crippen molar-refractivity contribution in [1.29, 1.82) is 0 Å². The molecule has 0 amide bonds. The smallest absolute Gasteiger partial charge is 0.171 e. The van der Waals surface area contributed by atoms with Gasteiger partial charge in [-0.25, -0.2) is 0 Å². The predicted octanol–water partition coefficient (Wildman–Crippen LogP) is -4.65. The lowest BCUT2D eigenvalue weighted by atomic mass is 9.85. The minimum absolute atomic E-state index is 0.212. The van der Waals surface area contributed by atoms with Gasteiger partial charge in [-0.05, 0) is 0 Å². The normalized spacial score (nSPS) is 19.9. The van der Waals surface area contributed by atoms with E-state index in [0.717, 1.165) is 0 Å². The maximum Gasteiger partial charge on any atom is 0.171 e. The van der Waals surface area contributed by atoms with E-state index in [9.17, 15) is 25.2 Å². The summed E-state index contributed by atoms with van der Waals surface area (Å²) in [6.45, 7) is -3.41. The molecule has 3 atom stereocenters. The summed E-state index contributed by atoms with van der Waals surface area (Å²) >= 11 is 0. The molecule has 0 bridgehead atoms. The van der Waals surface area contributed by atoms with Crippen molar-refractivity contribution in [2.45, 2.75) is 23.4 Å². The first-order valence-corrected chi connectivity index (χ1v) is 4.41. The zero-order valence-corrected chi connectivity index (χ0v) is 8.39. The Hall–Kier alpha value is -0.610. The van der Waals surface area contributed by atoms with Crippen molar-refractivity contribution in [3.05, 3.63) is 0 Å². The first-order valence-electron chi connectivity index (χ1n) is 4.41. The number of rotatable bonds is 7. The van der Waals surface area contributed by atoms with Crippen LogP contribution < -0.4 is 0 Å². The Balaban J connectivity index is 4.97. The molecule has 96 valence electrons. The molecule has 16 heavy (non-hydrogen) atoms. The van der Waals surface area contributed by atoms with E-state index in [4.69, 9.17) is 15.3 Å². The van der Waals surface area contributed by atoms with Gasteiger partial charge in [0.15, 0.2) is 11.9 Å². The van der Waals surface area contributed by atoms with Crippen molar-refractivity contribution in [3.8, 4) is 0 Å². The van der Waals surface area contributed by atoms with Gasteiger partial charge in [-0.1, -0.05) is 0 Å². The van der Waals surface area contributed by atoms with Crippen molar-refractivity contribution in [2.24, 2.45) is 0 Å². The van der Waals surface area contributed by atoms with E-state index < -0.39 is 43.2 Å². The Morgan fingerprint density at radius 2 is 1.38 bits per heavy atom. The molecule has 0 rings (SSSR count). The summed E-state index contributed by atoms with van der Waals surface area (Å²) in [5.74, 6) is 0. The van der Waals surface area contributed by atoms with Crippen molar-refractivity contribution in [3.63, 3.8) is 0 Å². The molecular formula is C8H16O8. The van der Waals surface area contributed by atoms with E-state index >= 15 is 0 Å². The number of hydrogen-bond acceptors (Lipinski definition) is 8. The zero-order valence-electron chi connectivity index (χ0n) is 8.39. The van der Waals surface area contributed by atoms with Crippen LogP contribution in [0.3, 0.4) is 0 Å². The van der Waals surface area contributed by atoms with Gasteiger partial charge in [-0.2, -0.15) is 0 Å². The zero-order chi connectivity index (χ0) is 13.0. The SMILES string of the molecule is O=C[C@](O)(CO)[C@@H](O)[C@H](O)C(O)(CO)CO. The third kappa shape index (κ3) is 2.74. The molecule has 0 unspecified atom stereocenters. The van der Waals surface area contributed by atoms with Crippen LogP contribution in [0.1, 0.15) is 0 Å². The van der Waals surface area contributed by atoms with Gasteiger partial charge in [0.1, 0.15) is 17.8 Å². The highest BCUT2D eigenvalue weighted by molar-refractivity contribution is 5.63. The first-order chi connectivity index (χ1) is 7.31. The van der Waals surface area contributed by atoms with Crippen LogP contribution in [-0.4, -0.2) is 85.3 Å². The fourth-order valence-corrected chi connectivity index (χ4v) is 1.00. The minimum atomic E-state index is -2.68. The summed E-state index contributed by atoms with van der Waals surface area (Å²) in [7, 11) is 0. The van der Waals surface area contributed by atoms with E-state index in [0.29, 0.717) is 0 Å². The van der Waals surface area contributed by atoms with Crippen LogP contribution in [0.15, 0.2) is 0 Å².